The molecule has 2 amide bonds. The van der Waals surface area contributed by atoms with Crippen LogP contribution >= 0.6 is 0 Å². The molecule has 1 unspecified atom stereocenters. The highest BCUT2D eigenvalue weighted by Gasteiger charge is 2.28. The predicted octanol–water partition coefficient (Wildman–Crippen LogP) is 4.82. The second-order valence-electron chi connectivity index (χ2n) is 8.56. The van der Waals surface area contributed by atoms with Crippen molar-refractivity contribution in [1.29, 1.82) is 0 Å². The number of carbonyl (C=O) groups is 2. The van der Waals surface area contributed by atoms with Crippen LogP contribution in [0, 0.1) is 19.8 Å². The van der Waals surface area contributed by atoms with Crippen molar-refractivity contribution in [1.82, 2.24) is 10.2 Å². The van der Waals surface area contributed by atoms with E-state index in [2.05, 4.69) is 56.4 Å². The molecule has 2 aromatic carbocycles. The van der Waals surface area contributed by atoms with Gasteiger partial charge in [-0.25, -0.2) is 0 Å². The van der Waals surface area contributed by atoms with Crippen molar-refractivity contribution in [2.45, 2.75) is 66.5 Å². The summed E-state index contributed by atoms with van der Waals surface area (Å²) in [6.45, 7) is 11.3. The molecule has 0 fully saturated rings. The standard InChI is InChI=1S/C26H36N2O2/c1-6-24(26(30)27-17-19(2)3)28(18-23-9-7-8-21(5)16-23)25(29)15-14-22-12-10-20(4)11-13-22/h7-13,16,19,24H,6,14-15,17-18H2,1-5H3,(H,27,30). The van der Waals surface area contributed by atoms with Gasteiger partial charge in [0.1, 0.15) is 6.04 Å². The normalized spacial score (nSPS) is 11.9. The lowest BCUT2D eigenvalue weighted by Crippen LogP contribution is -2.49. The van der Waals surface area contributed by atoms with E-state index in [1.807, 2.05) is 32.0 Å². The van der Waals surface area contributed by atoms with Gasteiger partial charge >= 0.3 is 0 Å². The minimum Gasteiger partial charge on any atom is -0.354 e. The molecule has 0 radical (unpaired) electrons. The fourth-order valence-corrected chi connectivity index (χ4v) is 3.50. The number of amides is 2. The monoisotopic (exact) mass is 408 g/mol. The minimum absolute atomic E-state index is 0.0172. The van der Waals surface area contributed by atoms with E-state index in [0.29, 0.717) is 38.3 Å². The zero-order chi connectivity index (χ0) is 22.1. The van der Waals surface area contributed by atoms with Gasteiger partial charge in [-0.2, -0.15) is 0 Å². The van der Waals surface area contributed by atoms with Crippen molar-refractivity contribution in [2.24, 2.45) is 5.92 Å². The third kappa shape index (κ3) is 7.33. The van der Waals surface area contributed by atoms with Gasteiger partial charge in [-0.05, 0) is 43.7 Å². The lowest BCUT2D eigenvalue weighted by atomic mass is 10.0. The van der Waals surface area contributed by atoms with Gasteiger partial charge in [-0.15, -0.1) is 0 Å². The number of rotatable bonds is 10. The van der Waals surface area contributed by atoms with E-state index < -0.39 is 6.04 Å². The zero-order valence-electron chi connectivity index (χ0n) is 19.1. The third-order valence-electron chi connectivity index (χ3n) is 5.25. The van der Waals surface area contributed by atoms with Crippen molar-refractivity contribution >= 4 is 11.8 Å². The summed E-state index contributed by atoms with van der Waals surface area (Å²) in [4.78, 5) is 27.9. The van der Waals surface area contributed by atoms with E-state index in [0.717, 1.165) is 16.7 Å². The van der Waals surface area contributed by atoms with Crippen molar-refractivity contribution < 1.29 is 9.59 Å². The van der Waals surface area contributed by atoms with Gasteiger partial charge in [-0.3, -0.25) is 9.59 Å². The summed E-state index contributed by atoms with van der Waals surface area (Å²) < 4.78 is 0. The van der Waals surface area contributed by atoms with Gasteiger partial charge in [0, 0.05) is 19.5 Å². The van der Waals surface area contributed by atoms with Gasteiger partial charge in [0.05, 0.1) is 0 Å². The molecule has 4 heteroatoms. The fraction of sp³-hybridized carbons (Fsp3) is 0.462. The average Bonchev–Trinajstić information content (AvgIpc) is 2.71. The molecule has 0 aliphatic carbocycles. The number of aryl methyl sites for hydroxylation is 3. The second-order valence-corrected chi connectivity index (χ2v) is 8.56. The molecule has 0 saturated carbocycles. The summed E-state index contributed by atoms with van der Waals surface area (Å²) in [5.41, 5.74) is 4.55. The molecule has 4 nitrogen and oxygen atoms in total. The van der Waals surface area contributed by atoms with Crippen LogP contribution in [0.25, 0.3) is 0 Å². The first-order valence-electron chi connectivity index (χ1n) is 11.0. The van der Waals surface area contributed by atoms with Crippen LogP contribution in [-0.2, 0) is 22.6 Å². The number of hydrogen-bond acceptors (Lipinski definition) is 2. The Labute approximate surface area is 181 Å². The van der Waals surface area contributed by atoms with Crippen LogP contribution in [0.2, 0.25) is 0 Å². The molecule has 2 rings (SSSR count). The Bertz CT molecular complexity index is 827. The molecule has 0 aliphatic rings. The summed E-state index contributed by atoms with van der Waals surface area (Å²) in [5, 5.41) is 3.01. The van der Waals surface area contributed by atoms with Crippen LogP contribution in [0.5, 0.6) is 0 Å². The quantitative estimate of drug-likeness (QED) is 0.613. The van der Waals surface area contributed by atoms with E-state index in [-0.39, 0.29) is 11.8 Å². The Morgan fingerprint density at radius 2 is 1.67 bits per heavy atom. The number of hydrogen-bond donors (Lipinski definition) is 1. The van der Waals surface area contributed by atoms with Crippen LogP contribution in [0.4, 0.5) is 0 Å². The van der Waals surface area contributed by atoms with Crippen LogP contribution in [0.1, 0.15) is 55.9 Å². The van der Waals surface area contributed by atoms with Crippen LogP contribution < -0.4 is 5.32 Å². The van der Waals surface area contributed by atoms with Gasteiger partial charge in [0.2, 0.25) is 11.8 Å². The van der Waals surface area contributed by atoms with E-state index in [9.17, 15) is 9.59 Å². The number of benzene rings is 2. The minimum atomic E-state index is -0.463. The predicted molar refractivity (Wildman–Crippen MR) is 123 cm³/mol. The Morgan fingerprint density at radius 3 is 2.27 bits per heavy atom. The molecule has 0 saturated heterocycles. The molecule has 0 heterocycles. The van der Waals surface area contributed by atoms with E-state index >= 15 is 0 Å². The lowest BCUT2D eigenvalue weighted by Gasteiger charge is -2.31. The molecule has 0 aliphatic heterocycles. The Kier molecular flexibility index (Phi) is 9.10. The maximum absolute atomic E-state index is 13.3. The topological polar surface area (TPSA) is 49.4 Å². The Morgan fingerprint density at radius 1 is 0.967 bits per heavy atom. The molecule has 1 atom stereocenters. The average molecular weight is 409 g/mol. The maximum Gasteiger partial charge on any atom is 0.242 e. The zero-order valence-corrected chi connectivity index (χ0v) is 19.1. The largest absolute Gasteiger partial charge is 0.354 e. The summed E-state index contributed by atoms with van der Waals surface area (Å²) in [5.74, 6) is 0.320. The van der Waals surface area contributed by atoms with Gasteiger partial charge < -0.3 is 10.2 Å². The number of nitrogens with one attached hydrogen (secondary N) is 1. The van der Waals surface area contributed by atoms with Crippen LogP contribution in [0.15, 0.2) is 48.5 Å². The molecule has 0 spiro atoms. The molecule has 0 bridgehead atoms. The molecule has 162 valence electrons. The second kappa shape index (κ2) is 11.5. The van der Waals surface area contributed by atoms with Crippen LogP contribution in [-0.4, -0.2) is 29.3 Å². The summed E-state index contributed by atoms with van der Waals surface area (Å²) in [6.07, 6.45) is 1.66. The Hall–Kier alpha value is -2.62. The molecule has 2 aromatic rings. The van der Waals surface area contributed by atoms with E-state index in [1.165, 1.54) is 5.56 Å². The highest BCUT2D eigenvalue weighted by molar-refractivity contribution is 5.87. The van der Waals surface area contributed by atoms with Gasteiger partial charge in [-0.1, -0.05) is 80.4 Å². The lowest BCUT2D eigenvalue weighted by molar-refractivity contribution is -0.141. The smallest absolute Gasteiger partial charge is 0.242 e. The maximum atomic E-state index is 13.3. The first-order chi connectivity index (χ1) is 14.3. The van der Waals surface area contributed by atoms with Gasteiger partial charge in [0.25, 0.3) is 0 Å². The summed E-state index contributed by atoms with van der Waals surface area (Å²) in [7, 11) is 0. The molecular weight excluding hydrogens is 372 g/mol. The molecule has 30 heavy (non-hydrogen) atoms. The van der Waals surface area contributed by atoms with Crippen LogP contribution in [0.3, 0.4) is 0 Å². The van der Waals surface area contributed by atoms with Crippen molar-refractivity contribution in [2.75, 3.05) is 6.54 Å². The number of carbonyl (C=O) groups excluding carboxylic acids is 2. The first kappa shape index (κ1) is 23.7. The molecule has 0 aromatic heterocycles. The fourth-order valence-electron chi connectivity index (χ4n) is 3.50. The van der Waals surface area contributed by atoms with Crippen molar-refractivity contribution in [3.63, 3.8) is 0 Å². The molecular formula is C26H36N2O2. The SMILES string of the molecule is CCC(C(=O)NCC(C)C)N(Cc1cccc(C)c1)C(=O)CCc1ccc(C)cc1. The highest BCUT2D eigenvalue weighted by atomic mass is 16.2. The third-order valence-corrected chi connectivity index (χ3v) is 5.25. The number of nitrogens with zero attached hydrogens (tertiary/aromatic N) is 1. The van der Waals surface area contributed by atoms with Crippen molar-refractivity contribution in [3.05, 3.63) is 70.8 Å². The Balaban J connectivity index is 2.18. The van der Waals surface area contributed by atoms with E-state index in [4.69, 9.17) is 0 Å². The summed E-state index contributed by atoms with van der Waals surface area (Å²) >= 11 is 0. The summed E-state index contributed by atoms with van der Waals surface area (Å²) in [6, 6.07) is 16.0. The molecule has 1 N–H and O–H groups in total. The van der Waals surface area contributed by atoms with Gasteiger partial charge in [0.15, 0.2) is 0 Å². The first-order valence-corrected chi connectivity index (χ1v) is 11.0. The highest BCUT2D eigenvalue weighted by Crippen LogP contribution is 2.16. The van der Waals surface area contributed by atoms with Crippen molar-refractivity contribution in [3.8, 4) is 0 Å². The van der Waals surface area contributed by atoms with E-state index in [1.54, 1.807) is 4.90 Å².